The Morgan fingerprint density at radius 2 is 1.74 bits per heavy atom. The number of phenolic OH excluding ortho intramolecular Hbond substituents is 1. The Balaban J connectivity index is 1.33. The van der Waals surface area contributed by atoms with Crippen LogP contribution in [0.3, 0.4) is 0 Å². The molecule has 234 valence electrons. The van der Waals surface area contributed by atoms with Gasteiger partial charge in [0.05, 0.1) is 4.90 Å². The van der Waals surface area contributed by atoms with Crippen molar-refractivity contribution in [1.29, 1.82) is 0 Å². The Labute approximate surface area is 250 Å². The molecule has 5 N–H and O–H groups in total. The van der Waals surface area contributed by atoms with Crippen molar-refractivity contribution in [2.24, 2.45) is 5.92 Å². The maximum Gasteiger partial charge on any atom is 0.319 e. The van der Waals surface area contributed by atoms with E-state index in [1.807, 2.05) is 0 Å². The number of unbranched alkanes of at least 4 members (excludes halogenated alkanes) is 5. The van der Waals surface area contributed by atoms with Gasteiger partial charge in [0.25, 0.3) is 0 Å². The van der Waals surface area contributed by atoms with Crippen LogP contribution in [0.5, 0.6) is 11.5 Å². The molecule has 0 spiro atoms. The summed E-state index contributed by atoms with van der Waals surface area (Å²) >= 11 is 0. The molecule has 3 rings (SSSR count). The zero-order chi connectivity index (χ0) is 30.4. The molecule has 1 saturated heterocycles. The van der Waals surface area contributed by atoms with Crippen LogP contribution in [-0.4, -0.2) is 74.4 Å². The smallest absolute Gasteiger partial charge is 0.319 e. The van der Waals surface area contributed by atoms with Crippen LogP contribution in [0, 0.1) is 12.8 Å². The number of aryl methyl sites for hydroxylation is 1. The summed E-state index contributed by atoms with van der Waals surface area (Å²) < 4.78 is 33.5. The van der Waals surface area contributed by atoms with E-state index in [1.165, 1.54) is 42.1 Å². The normalized spacial score (nSPS) is 15.3. The first-order valence-electron chi connectivity index (χ1n) is 15.1. The lowest BCUT2D eigenvalue weighted by Crippen LogP contribution is -2.42. The van der Waals surface area contributed by atoms with Gasteiger partial charge < -0.3 is 30.9 Å². The molecule has 0 saturated carbocycles. The highest BCUT2D eigenvalue weighted by Crippen LogP contribution is 2.25. The molecule has 42 heavy (non-hydrogen) atoms. The molecule has 2 aromatic rings. The quantitative estimate of drug-likeness (QED) is 0.166. The Hall–Kier alpha value is -2.86. The summed E-state index contributed by atoms with van der Waals surface area (Å²) in [5.74, 6) is 1.10. The van der Waals surface area contributed by atoms with Gasteiger partial charge in [0.15, 0.2) is 0 Å². The lowest BCUT2D eigenvalue weighted by molar-refractivity contribution is 0.104. The number of piperidine rings is 1. The van der Waals surface area contributed by atoms with Gasteiger partial charge in [-0.2, -0.15) is 4.31 Å². The van der Waals surface area contributed by atoms with E-state index in [0.29, 0.717) is 55.6 Å². The molecule has 0 radical (unpaired) electrons. The number of phenols is 1. The number of anilines is 1. The van der Waals surface area contributed by atoms with E-state index in [1.54, 1.807) is 37.3 Å². The topological polar surface area (TPSA) is 140 Å². The standard InChI is InChI=1S/C31H48N4O6S/c1-3-4-5-6-7-8-17-33-31(38)34-26-9-12-29(13-10-26)42(39,40)35-18-15-25(16-19-35)21-32-22-27(36)23-41-28-11-14-30(37)24(2)20-28/h9-14,20,25,27,32,36-37H,3-8,15-19,21-23H2,1-2H3,(H2,33,34,38)/t27-/m0/s1. The third-order valence-electron chi connectivity index (χ3n) is 7.56. The van der Waals surface area contributed by atoms with Crippen LogP contribution >= 0.6 is 0 Å². The largest absolute Gasteiger partial charge is 0.508 e. The van der Waals surface area contributed by atoms with Crippen molar-refractivity contribution < 1.29 is 28.2 Å². The van der Waals surface area contributed by atoms with Gasteiger partial charge in [0, 0.05) is 31.9 Å². The Morgan fingerprint density at radius 3 is 2.43 bits per heavy atom. The minimum Gasteiger partial charge on any atom is -0.508 e. The number of carbonyl (C=O) groups excluding carboxylic acids is 1. The number of carbonyl (C=O) groups is 1. The lowest BCUT2D eigenvalue weighted by atomic mass is 9.98. The van der Waals surface area contributed by atoms with Gasteiger partial charge in [-0.3, -0.25) is 0 Å². The van der Waals surface area contributed by atoms with Crippen molar-refractivity contribution in [3.8, 4) is 11.5 Å². The molecule has 0 aromatic heterocycles. The monoisotopic (exact) mass is 604 g/mol. The summed E-state index contributed by atoms with van der Waals surface area (Å²) in [5, 5.41) is 28.7. The van der Waals surface area contributed by atoms with Crippen LogP contribution < -0.4 is 20.7 Å². The molecular weight excluding hydrogens is 556 g/mol. The molecule has 1 aliphatic rings. The second kappa shape index (κ2) is 17.3. The minimum atomic E-state index is -3.62. The number of aromatic hydroxyl groups is 1. The number of hydrogen-bond donors (Lipinski definition) is 5. The summed E-state index contributed by atoms with van der Waals surface area (Å²) in [6.07, 6.45) is 7.69. The zero-order valence-electron chi connectivity index (χ0n) is 25.0. The van der Waals surface area contributed by atoms with Crippen molar-refractivity contribution in [2.75, 3.05) is 44.6 Å². The van der Waals surface area contributed by atoms with E-state index in [4.69, 9.17) is 4.74 Å². The maximum atomic E-state index is 13.2. The van der Waals surface area contributed by atoms with Crippen molar-refractivity contribution in [1.82, 2.24) is 14.9 Å². The van der Waals surface area contributed by atoms with Crippen LogP contribution in [0.15, 0.2) is 47.4 Å². The van der Waals surface area contributed by atoms with Gasteiger partial charge in [0.1, 0.15) is 24.2 Å². The fourth-order valence-electron chi connectivity index (χ4n) is 4.92. The van der Waals surface area contributed by atoms with Crippen LogP contribution in [0.2, 0.25) is 0 Å². The molecule has 11 heteroatoms. The number of hydrogen-bond acceptors (Lipinski definition) is 7. The molecule has 1 heterocycles. The van der Waals surface area contributed by atoms with Gasteiger partial charge >= 0.3 is 6.03 Å². The van der Waals surface area contributed by atoms with E-state index in [0.717, 1.165) is 25.7 Å². The first-order chi connectivity index (χ1) is 20.2. The third kappa shape index (κ3) is 11.1. The number of sulfonamides is 1. The highest BCUT2D eigenvalue weighted by atomic mass is 32.2. The maximum absolute atomic E-state index is 13.2. The van der Waals surface area contributed by atoms with Gasteiger partial charge in [-0.25, -0.2) is 13.2 Å². The van der Waals surface area contributed by atoms with E-state index < -0.39 is 16.1 Å². The van der Waals surface area contributed by atoms with Crippen LogP contribution in [0.25, 0.3) is 0 Å². The number of urea groups is 1. The van der Waals surface area contributed by atoms with E-state index in [-0.39, 0.29) is 23.3 Å². The van der Waals surface area contributed by atoms with Crippen molar-refractivity contribution in [2.45, 2.75) is 76.2 Å². The molecule has 10 nitrogen and oxygen atoms in total. The first-order valence-corrected chi connectivity index (χ1v) is 16.6. The second-order valence-electron chi connectivity index (χ2n) is 11.1. The van der Waals surface area contributed by atoms with Gasteiger partial charge in [0.2, 0.25) is 10.0 Å². The van der Waals surface area contributed by atoms with Crippen LogP contribution in [0.1, 0.15) is 63.9 Å². The number of ether oxygens (including phenoxy) is 1. The Kier molecular flexibility index (Phi) is 13.9. The molecule has 0 unspecified atom stereocenters. The predicted octanol–water partition coefficient (Wildman–Crippen LogP) is 4.61. The molecule has 0 aliphatic carbocycles. The Bertz CT molecular complexity index is 1200. The van der Waals surface area contributed by atoms with Gasteiger partial charge in [-0.15, -0.1) is 0 Å². The average Bonchev–Trinajstić information content (AvgIpc) is 2.98. The molecule has 1 atom stereocenters. The number of aliphatic hydroxyl groups excluding tert-OH is 1. The van der Waals surface area contributed by atoms with Crippen molar-refractivity contribution >= 4 is 21.7 Å². The molecule has 1 aliphatic heterocycles. The van der Waals surface area contributed by atoms with E-state index in [9.17, 15) is 23.4 Å². The summed E-state index contributed by atoms with van der Waals surface area (Å²) in [7, 11) is -3.62. The van der Waals surface area contributed by atoms with E-state index >= 15 is 0 Å². The second-order valence-corrected chi connectivity index (χ2v) is 13.0. The van der Waals surface area contributed by atoms with Crippen LogP contribution in [-0.2, 0) is 10.0 Å². The fourth-order valence-corrected chi connectivity index (χ4v) is 6.39. The van der Waals surface area contributed by atoms with Crippen LogP contribution in [0.4, 0.5) is 10.5 Å². The van der Waals surface area contributed by atoms with Crippen molar-refractivity contribution in [3.05, 3.63) is 48.0 Å². The summed E-state index contributed by atoms with van der Waals surface area (Å²) in [6, 6.07) is 11.0. The molecule has 1 fully saturated rings. The number of nitrogens with zero attached hydrogens (tertiary/aromatic N) is 1. The predicted molar refractivity (Wildman–Crippen MR) is 166 cm³/mol. The fraction of sp³-hybridized carbons (Fsp3) is 0.581. The molecule has 0 bridgehead atoms. The molecule has 2 aromatic carbocycles. The number of rotatable bonds is 17. The number of amides is 2. The van der Waals surface area contributed by atoms with Gasteiger partial charge in [-0.05, 0) is 86.7 Å². The molecule has 2 amide bonds. The highest BCUT2D eigenvalue weighted by Gasteiger charge is 2.29. The number of benzene rings is 2. The summed E-state index contributed by atoms with van der Waals surface area (Å²) in [5.41, 5.74) is 1.26. The number of nitrogens with one attached hydrogen (secondary N) is 3. The average molecular weight is 605 g/mol. The zero-order valence-corrected chi connectivity index (χ0v) is 25.8. The highest BCUT2D eigenvalue weighted by molar-refractivity contribution is 7.89. The third-order valence-corrected chi connectivity index (χ3v) is 9.48. The Morgan fingerprint density at radius 1 is 1.05 bits per heavy atom. The van der Waals surface area contributed by atoms with Gasteiger partial charge in [-0.1, -0.05) is 39.0 Å². The summed E-state index contributed by atoms with van der Waals surface area (Å²) in [6.45, 7) is 6.64. The summed E-state index contributed by atoms with van der Waals surface area (Å²) in [4.78, 5) is 12.4. The number of aliphatic hydroxyl groups is 1. The van der Waals surface area contributed by atoms with E-state index in [2.05, 4.69) is 22.9 Å². The first kappa shape index (κ1) is 33.6. The van der Waals surface area contributed by atoms with Crippen molar-refractivity contribution in [3.63, 3.8) is 0 Å². The minimum absolute atomic E-state index is 0.131. The molecular formula is C31H48N4O6S. The SMILES string of the molecule is CCCCCCCCNC(=O)Nc1ccc(S(=O)(=O)N2CCC(CNC[C@H](O)COc3ccc(O)c(C)c3)CC2)cc1. The lowest BCUT2D eigenvalue weighted by Gasteiger charge is -2.31.